The topological polar surface area (TPSA) is 33.2 Å². The van der Waals surface area contributed by atoms with Crippen LogP contribution in [0, 0.1) is 12.8 Å². The van der Waals surface area contributed by atoms with Gasteiger partial charge >= 0.3 is 0 Å². The molecule has 3 nitrogen and oxygen atoms in total. The second kappa shape index (κ2) is 5.05. The number of amides is 1. The number of piperidine rings is 1. The molecule has 2 atom stereocenters. The second-order valence-corrected chi connectivity index (χ2v) is 5.26. The standard InChI is InChI=1S/C13H17ClN2O/c1-9-4-3-6-15-12(9)13(17)16-7-5-11(14)10(2)8-16/h3-4,6,10-11H,5,7-8H2,1-2H3. The number of nitrogens with zero attached hydrogens (tertiary/aromatic N) is 2. The van der Waals surface area contributed by atoms with Gasteiger partial charge in [-0.3, -0.25) is 9.78 Å². The maximum atomic E-state index is 12.3. The molecule has 0 radical (unpaired) electrons. The van der Waals surface area contributed by atoms with Crippen LogP contribution >= 0.6 is 11.6 Å². The zero-order chi connectivity index (χ0) is 12.4. The molecule has 92 valence electrons. The van der Waals surface area contributed by atoms with Gasteiger partial charge < -0.3 is 4.90 Å². The van der Waals surface area contributed by atoms with Crippen LogP contribution in [0.3, 0.4) is 0 Å². The molecule has 0 aliphatic carbocycles. The number of carbonyl (C=O) groups excluding carboxylic acids is 1. The quantitative estimate of drug-likeness (QED) is 0.720. The first-order chi connectivity index (χ1) is 8.09. The molecule has 0 N–H and O–H groups in total. The molecule has 4 heteroatoms. The van der Waals surface area contributed by atoms with Crippen LogP contribution in [-0.4, -0.2) is 34.3 Å². The van der Waals surface area contributed by atoms with Crippen LogP contribution in [0.4, 0.5) is 0 Å². The average Bonchev–Trinajstić information content (AvgIpc) is 2.32. The van der Waals surface area contributed by atoms with E-state index in [-0.39, 0.29) is 11.3 Å². The van der Waals surface area contributed by atoms with Crippen LogP contribution in [0.2, 0.25) is 0 Å². The van der Waals surface area contributed by atoms with Crippen LogP contribution in [-0.2, 0) is 0 Å². The zero-order valence-electron chi connectivity index (χ0n) is 10.2. The van der Waals surface area contributed by atoms with Crippen molar-refractivity contribution in [2.75, 3.05) is 13.1 Å². The highest BCUT2D eigenvalue weighted by atomic mass is 35.5. The summed E-state index contributed by atoms with van der Waals surface area (Å²) in [5.74, 6) is 0.372. The lowest BCUT2D eigenvalue weighted by Crippen LogP contribution is -2.43. The van der Waals surface area contributed by atoms with Crippen molar-refractivity contribution >= 4 is 17.5 Å². The molecule has 2 rings (SSSR count). The molecular formula is C13H17ClN2O. The van der Waals surface area contributed by atoms with Crippen molar-refractivity contribution in [2.45, 2.75) is 25.6 Å². The van der Waals surface area contributed by atoms with Crippen molar-refractivity contribution in [1.29, 1.82) is 0 Å². The third-order valence-electron chi connectivity index (χ3n) is 3.30. The molecule has 0 aromatic carbocycles. The first kappa shape index (κ1) is 12.4. The molecule has 1 fully saturated rings. The van der Waals surface area contributed by atoms with E-state index in [0.717, 1.165) is 25.1 Å². The van der Waals surface area contributed by atoms with Gasteiger partial charge in [0.15, 0.2) is 0 Å². The molecule has 17 heavy (non-hydrogen) atoms. The van der Waals surface area contributed by atoms with E-state index in [1.54, 1.807) is 6.20 Å². The molecule has 2 heterocycles. The fourth-order valence-electron chi connectivity index (χ4n) is 2.16. The monoisotopic (exact) mass is 252 g/mol. The van der Waals surface area contributed by atoms with Gasteiger partial charge in [0.25, 0.3) is 5.91 Å². The summed E-state index contributed by atoms with van der Waals surface area (Å²) in [7, 11) is 0. The third kappa shape index (κ3) is 2.60. The number of halogens is 1. The van der Waals surface area contributed by atoms with E-state index in [2.05, 4.69) is 11.9 Å². The Labute approximate surface area is 107 Å². The Bertz CT molecular complexity index is 422. The predicted octanol–water partition coefficient (Wildman–Crippen LogP) is 2.48. The molecule has 1 amide bonds. The van der Waals surface area contributed by atoms with Crippen LogP contribution in [0.5, 0.6) is 0 Å². The Morgan fingerprint density at radius 3 is 3.00 bits per heavy atom. The smallest absolute Gasteiger partial charge is 0.272 e. The minimum Gasteiger partial charge on any atom is -0.337 e. The second-order valence-electron chi connectivity index (χ2n) is 4.70. The SMILES string of the molecule is Cc1cccnc1C(=O)N1CCC(Cl)C(C)C1. The first-order valence-corrected chi connectivity index (χ1v) is 6.38. The summed E-state index contributed by atoms with van der Waals surface area (Å²) in [4.78, 5) is 18.3. The maximum Gasteiger partial charge on any atom is 0.272 e. The van der Waals surface area contributed by atoms with Gasteiger partial charge in [0, 0.05) is 24.7 Å². The van der Waals surface area contributed by atoms with E-state index in [1.165, 1.54) is 0 Å². The molecule has 1 saturated heterocycles. The summed E-state index contributed by atoms with van der Waals surface area (Å²) in [5.41, 5.74) is 1.49. The molecule has 0 saturated carbocycles. The van der Waals surface area contributed by atoms with Crippen molar-refractivity contribution in [1.82, 2.24) is 9.88 Å². The lowest BCUT2D eigenvalue weighted by atomic mass is 9.99. The van der Waals surface area contributed by atoms with Gasteiger partial charge in [-0.25, -0.2) is 0 Å². The van der Waals surface area contributed by atoms with E-state index in [9.17, 15) is 4.79 Å². The number of aryl methyl sites for hydroxylation is 1. The summed E-state index contributed by atoms with van der Waals surface area (Å²) < 4.78 is 0. The minimum absolute atomic E-state index is 0.0264. The van der Waals surface area contributed by atoms with Gasteiger partial charge in [0.1, 0.15) is 5.69 Å². The number of hydrogen-bond acceptors (Lipinski definition) is 2. The Balaban J connectivity index is 2.14. The highest BCUT2D eigenvalue weighted by Gasteiger charge is 2.28. The number of aromatic nitrogens is 1. The Morgan fingerprint density at radius 2 is 2.35 bits per heavy atom. The van der Waals surface area contributed by atoms with Gasteiger partial charge in [-0.1, -0.05) is 13.0 Å². The van der Waals surface area contributed by atoms with Crippen molar-refractivity contribution in [2.24, 2.45) is 5.92 Å². The van der Waals surface area contributed by atoms with Gasteiger partial charge in [0.2, 0.25) is 0 Å². The molecule has 1 aromatic heterocycles. The largest absolute Gasteiger partial charge is 0.337 e. The highest BCUT2D eigenvalue weighted by Crippen LogP contribution is 2.23. The first-order valence-electron chi connectivity index (χ1n) is 5.94. The van der Waals surface area contributed by atoms with E-state index in [4.69, 9.17) is 11.6 Å². The summed E-state index contributed by atoms with van der Waals surface area (Å²) in [6.45, 7) is 5.46. The van der Waals surface area contributed by atoms with Gasteiger partial charge in [0.05, 0.1) is 0 Å². The number of hydrogen-bond donors (Lipinski definition) is 0. The van der Waals surface area contributed by atoms with Crippen molar-refractivity contribution < 1.29 is 4.79 Å². The molecule has 1 aliphatic rings. The number of alkyl halides is 1. The average molecular weight is 253 g/mol. The number of rotatable bonds is 1. The fourth-order valence-corrected chi connectivity index (χ4v) is 2.34. The summed E-state index contributed by atoms with van der Waals surface area (Å²) in [6, 6.07) is 3.76. The molecule has 0 bridgehead atoms. The molecule has 0 spiro atoms. The number of carbonyl (C=O) groups is 1. The van der Waals surface area contributed by atoms with E-state index in [1.807, 2.05) is 24.0 Å². The molecule has 2 unspecified atom stereocenters. The Morgan fingerprint density at radius 1 is 1.59 bits per heavy atom. The fraction of sp³-hybridized carbons (Fsp3) is 0.538. The summed E-state index contributed by atoms with van der Waals surface area (Å²) in [6.07, 6.45) is 2.53. The number of pyridine rings is 1. The third-order valence-corrected chi connectivity index (χ3v) is 3.95. The van der Waals surface area contributed by atoms with Crippen LogP contribution in [0.15, 0.2) is 18.3 Å². The van der Waals surface area contributed by atoms with Crippen molar-refractivity contribution in [3.63, 3.8) is 0 Å². The van der Waals surface area contributed by atoms with E-state index in [0.29, 0.717) is 11.6 Å². The lowest BCUT2D eigenvalue weighted by molar-refractivity contribution is 0.0680. The Hall–Kier alpha value is -1.09. The highest BCUT2D eigenvalue weighted by molar-refractivity contribution is 6.20. The van der Waals surface area contributed by atoms with Gasteiger partial charge in [-0.05, 0) is 30.9 Å². The Kier molecular flexibility index (Phi) is 3.67. The predicted molar refractivity (Wildman–Crippen MR) is 68.3 cm³/mol. The van der Waals surface area contributed by atoms with Crippen LogP contribution < -0.4 is 0 Å². The summed E-state index contributed by atoms with van der Waals surface area (Å²) >= 11 is 6.16. The van der Waals surface area contributed by atoms with E-state index < -0.39 is 0 Å². The molecule has 1 aliphatic heterocycles. The zero-order valence-corrected chi connectivity index (χ0v) is 10.9. The van der Waals surface area contributed by atoms with Crippen LogP contribution in [0.25, 0.3) is 0 Å². The lowest BCUT2D eigenvalue weighted by Gasteiger charge is -2.34. The van der Waals surface area contributed by atoms with Crippen LogP contribution in [0.1, 0.15) is 29.4 Å². The maximum absolute atomic E-state index is 12.3. The summed E-state index contributed by atoms with van der Waals surface area (Å²) in [5, 5.41) is 0.184. The number of likely N-dealkylation sites (tertiary alicyclic amines) is 1. The van der Waals surface area contributed by atoms with Crippen molar-refractivity contribution in [3.05, 3.63) is 29.6 Å². The molecular weight excluding hydrogens is 236 g/mol. The molecule has 1 aromatic rings. The van der Waals surface area contributed by atoms with Gasteiger partial charge in [-0.15, -0.1) is 11.6 Å². The normalized spacial score (nSPS) is 24.8. The van der Waals surface area contributed by atoms with Crippen molar-refractivity contribution in [3.8, 4) is 0 Å². The minimum atomic E-state index is 0.0264. The van der Waals surface area contributed by atoms with E-state index >= 15 is 0 Å². The van der Waals surface area contributed by atoms with Gasteiger partial charge in [-0.2, -0.15) is 0 Å².